The molecule has 0 bridgehead atoms. The van der Waals surface area contributed by atoms with Gasteiger partial charge in [-0.3, -0.25) is 4.68 Å². The Hall–Kier alpha value is -1.98. The van der Waals surface area contributed by atoms with E-state index < -0.39 is 0 Å². The highest BCUT2D eigenvalue weighted by molar-refractivity contribution is 6.42. The molecule has 27 heavy (non-hydrogen) atoms. The Morgan fingerprint density at radius 1 is 1.30 bits per heavy atom. The maximum absolute atomic E-state index is 12.8. The normalized spacial score (nSPS) is 16.1. The van der Waals surface area contributed by atoms with Crippen molar-refractivity contribution in [2.24, 2.45) is 7.05 Å². The van der Waals surface area contributed by atoms with Crippen molar-refractivity contribution in [3.8, 4) is 0 Å². The molecule has 2 aromatic rings. The molecule has 0 radical (unpaired) electrons. The molecule has 0 spiro atoms. The Balaban J connectivity index is 2.25. The first-order valence-electron chi connectivity index (χ1n) is 9.04. The molecule has 0 aliphatic carbocycles. The number of nitrogens with zero attached hydrogens (tertiary/aromatic N) is 2. The average Bonchev–Trinajstić information content (AvgIpc) is 2.92. The number of ether oxygens (including phenoxy) is 1. The summed E-state index contributed by atoms with van der Waals surface area (Å²) in [5, 5.41) is 8.96. The van der Waals surface area contributed by atoms with Crippen LogP contribution in [0.5, 0.6) is 0 Å². The van der Waals surface area contributed by atoms with Crippen molar-refractivity contribution >= 4 is 35.0 Å². The number of anilines is 1. The second-order valence-electron chi connectivity index (χ2n) is 6.57. The molecule has 1 aliphatic heterocycles. The van der Waals surface area contributed by atoms with Crippen LogP contribution in [-0.4, -0.2) is 22.4 Å². The van der Waals surface area contributed by atoms with Crippen LogP contribution in [0.4, 0.5) is 5.82 Å². The van der Waals surface area contributed by atoms with Crippen LogP contribution < -0.4 is 5.32 Å². The van der Waals surface area contributed by atoms with Gasteiger partial charge in [-0.25, -0.2) is 4.79 Å². The van der Waals surface area contributed by atoms with Crippen LogP contribution in [0.3, 0.4) is 0 Å². The lowest BCUT2D eigenvalue weighted by Gasteiger charge is -2.29. The monoisotopic (exact) mass is 407 g/mol. The van der Waals surface area contributed by atoms with Gasteiger partial charge in [0.05, 0.1) is 27.9 Å². The minimum Gasteiger partial charge on any atom is -0.463 e. The Morgan fingerprint density at radius 3 is 2.67 bits per heavy atom. The molecule has 1 unspecified atom stereocenters. The van der Waals surface area contributed by atoms with E-state index in [2.05, 4.69) is 17.3 Å². The number of nitrogens with one attached hydrogen (secondary N) is 1. The first kappa shape index (κ1) is 19.8. The molecular weight excluding hydrogens is 385 g/mol. The predicted molar refractivity (Wildman–Crippen MR) is 108 cm³/mol. The number of hydrogen-bond acceptors (Lipinski definition) is 4. The van der Waals surface area contributed by atoms with Gasteiger partial charge >= 0.3 is 5.97 Å². The molecule has 0 fully saturated rings. The highest BCUT2D eigenvalue weighted by Gasteiger charge is 2.37. The molecular formula is C20H23Cl2N3O2. The van der Waals surface area contributed by atoms with E-state index in [1.54, 1.807) is 13.0 Å². The van der Waals surface area contributed by atoms with Crippen molar-refractivity contribution in [3.05, 3.63) is 56.3 Å². The lowest BCUT2D eigenvalue weighted by molar-refractivity contribution is -0.138. The lowest BCUT2D eigenvalue weighted by atomic mass is 9.81. The van der Waals surface area contributed by atoms with Gasteiger partial charge in [-0.05, 0) is 38.0 Å². The van der Waals surface area contributed by atoms with Crippen molar-refractivity contribution in [1.82, 2.24) is 9.78 Å². The summed E-state index contributed by atoms with van der Waals surface area (Å²) in [5.41, 5.74) is 4.18. The van der Waals surface area contributed by atoms with Gasteiger partial charge in [0, 0.05) is 24.2 Å². The summed E-state index contributed by atoms with van der Waals surface area (Å²) >= 11 is 12.4. The maximum atomic E-state index is 12.8. The molecule has 0 amide bonds. The Morgan fingerprint density at radius 2 is 2.04 bits per heavy atom. The highest BCUT2D eigenvalue weighted by atomic mass is 35.5. The second-order valence-corrected chi connectivity index (χ2v) is 7.39. The molecule has 0 saturated heterocycles. The minimum atomic E-state index is -0.337. The van der Waals surface area contributed by atoms with Crippen LogP contribution in [0, 0.1) is 0 Å². The zero-order chi connectivity index (χ0) is 19.7. The summed E-state index contributed by atoms with van der Waals surface area (Å²) in [7, 11) is 1.90. The van der Waals surface area contributed by atoms with E-state index in [-0.39, 0.29) is 11.9 Å². The Kier molecular flexibility index (Phi) is 5.82. The summed E-state index contributed by atoms with van der Waals surface area (Å²) in [4.78, 5) is 12.8. The molecule has 1 atom stereocenters. The van der Waals surface area contributed by atoms with Gasteiger partial charge in [0.1, 0.15) is 5.82 Å². The third-order valence-corrected chi connectivity index (χ3v) is 5.45. The first-order valence-corrected chi connectivity index (χ1v) is 9.80. The molecule has 5 nitrogen and oxygen atoms in total. The van der Waals surface area contributed by atoms with Crippen LogP contribution in [0.1, 0.15) is 49.9 Å². The molecule has 1 aromatic heterocycles. The number of aromatic nitrogens is 2. The topological polar surface area (TPSA) is 56.2 Å². The van der Waals surface area contributed by atoms with Crippen LogP contribution >= 0.6 is 23.2 Å². The van der Waals surface area contributed by atoms with Gasteiger partial charge in [-0.2, -0.15) is 5.10 Å². The quantitative estimate of drug-likeness (QED) is 0.702. The molecule has 1 N–H and O–H groups in total. The molecule has 0 saturated carbocycles. The van der Waals surface area contributed by atoms with E-state index in [0.29, 0.717) is 22.2 Å². The zero-order valence-corrected chi connectivity index (χ0v) is 17.4. The molecule has 7 heteroatoms. The predicted octanol–water partition coefficient (Wildman–Crippen LogP) is 5.07. The minimum absolute atomic E-state index is 0.311. The zero-order valence-electron chi connectivity index (χ0n) is 15.9. The van der Waals surface area contributed by atoms with Crippen molar-refractivity contribution in [3.63, 3.8) is 0 Å². The number of allylic oxidation sites excluding steroid dienone is 1. The van der Waals surface area contributed by atoms with E-state index in [0.717, 1.165) is 41.2 Å². The molecule has 144 valence electrons. The van der Waals surface area contributed by atoms with Gasteiger partial charge in [-0.15, -0.1) is 0 Å². The van der Waals surface area contributed by atoms with Crippen LogP contribution in [0.25, 0.3) is 0 Å². The van der Waals surface area contributed by atoms with Crippen molar-refractivity contribution < 1.29 is 9.53 Å². The second kappa shape index (κ2) is 7.95. The summed E-state index contributed by atoms with van der Waals surface area (Å²) in [6.45, 7) is 6.10. The molecule has 2 heterocycles. The SMILES string of the molecule is CCCc1nn(C)c2c1C(c1ccc(Cl)c(Cl)c1)C(C(=O)OCC)=C(C)N2. The van der Waals surface area contributed by atoms with Gasteiger partial charge in [0.15, 0.2) is 0 Å². The number of benzene rings is 1. The van der Waals surface area contributed by atoms with E-state index in [1.165, 1.54) is 0 Å². The van der Waals surface area contributed by atoms with Crippen molar-refractivity contribution in [2.75, 3.05) is 11.9 Å². The third kappa shape index (κ3) is 3.58. The largest absolute Gasteiger partial charge is 0.463 e. The smallest absolute Gasteiger partial charge is 0.336 e. The van der Waals surface area contributed by atoms with Gasteiger partial charge in [0.2, 0.25) is 0 Å². The van der Waals surface area contributed by atoms with E-state index >= 15 is 0 Å². The lowest BCUT2D eigenvalue weighted by Crippen LogP contribution is -2.25. The van der Waals surface area contributed by atoms with Gasteiger partial charge in [-0.1, -0.05) is 42.6 Å². The van der Waals surface area contributed by atoms with Gasteiger partial charge in [0.25, 0.3) is 0 Å². The molecule has 1 aromatic carbocycles. The Bertz CT molecular complexity index is 918. The Labute approximate surface area is 169 Å². The fraction of sp³-hybridized carbons (Fsp3) is 0.400. The first-order chi connectivity index (χ1) is 12.9. The summed E-state index contributed by atoms with van der Waals surface area (Å²) in [5.74, 6) is 0.237. The molecule has 3 rings (SSSR count). The van der Waals surface area contributed by atoms with Crippen molar-refractivity contribution in [1.29, 1.82) is 0 Å². The number of aryl methyl sites for hydroxylation is 2. The summed E-state index contributed by atoms with van der Waals surface area (Å²) < 4.78 is 7.19. The third-order valence-electron chi connectivity index (χ3n) is 4.71. The van der Waals surface area contributed by atoms with Crippen LogP contribution in [0.15, 0.2) is 29.5 Å². The summed E-state index contributed by atoms with van der Waals surface area (Å²) in [6, 6.07) is 5.48. The number of esters is 1. The fourth-order valence-electron chi connectivity index (χ4n) is 3.58. The van der Waals surface area contributed by atoms with Crippen LogP contribution in [-0.2, 0) is 23.0 Å². The highest BCUT2D eigenvalue weighted by Crippen LogP contribution is 2.45. The van der Waals surface area contributed by atoms with E-state index in [9.17, 15) is 4.79 Å². The number of carbonyl (C=O) groups is 1. The standard InChI is InChI=1S/C20H23Cl2N3O2/c1-5-7-15-18-17(12-8-9-13(21)14(22)10-12)16(20(26)27-6-2)11(3)23-19(18)25(4)24-15/h8-10,17,23H,5-7H2,1-4H3. The summed E-state index contributed by atoms with van der Waals surface area (Å²) in [6.07, 6.45) is 1.77. The van der Waals surface area contributed by atoms with Gasteiger partial charge < -0.3 is 10.1 Å². The fourth-order valence-corrected chi connectivity index (χ4v) is 3.89. The maximum Gasteiger partial charge on any atom is 0.336 e. The van der Waals surface area contributed by atoms with E-state index in [4.69, 9.17) is 27.9 Å². The number of fused-ring (bicyclic) bond motifs is 1. The van der Waals surface area contributed by atoms with Crippen LogP contribution in [0.2, 0.25) is 10.0 Å². The van der Waals surface area contributed by atoms with Crippen molar-refractivity contribution in [2.45, 2.75) is 39.5 Å². The number of halogens is 2. The van der Waals surface area contributed by atoms with E-state index in [1.807, 2.05) is 30.8 Å². The number of carbonyl (C=O) groups excluding carboxylic acids is 1. The number of rotatable bonds is 5. The number of hydrogen-bond donors (Lipinski definition) is 1. The average molecular weight is 408 g/mol. The molecule has 1 aliphatic rings.